The van der Waals surface area contributed by atoms with Gasteiger partial charge < -0.3 is 10.5 Å². The van der Waals surface area contributed by atoms with Crippen LogP contribution in [0.15, 0.2) is 18.6 Å². The summed E-state index contributed by atoms with van der Waals surface area (Å²) in [6.45, 7) is 0.432. The zero-order chi connectivity index (χ0) is 9.26. The van der Waals surface area contributed by atoms with Gasteiger partial charge in [0.05, 0.1) is 31.4 Å². The normalized spacial score (nSPS) is 10.6. The van der Waals surface area contributed by atoms with Crippen molar-refractivity contribution in [2.75, 3.05) is 7.11 Å². The molecule has 0 unspecified atom stereocenters. The third-order valence-electron chi connectivity index (χ3n) is 1.88. The summed E-state index contributed by atoms with van der Waals surface area (Å²) in [4.78, 5) is 8.12. The molecule has 0 amide bonds. The first-order chi connectivity index (χ1) is 6.36. The van der Waals surface area contributed by atoms with Gasteiger partial charge in [-0.15, -0.1) is 0 Å². The van der Waals surface area contributed by atoms with E-state index in [4.69, 9.17) is 10.5 Å². The molecule has 13 heavy (non-hydrogen) atoms. The average Bonchev–Trinajstić information content (AvgIpc) is 2.60. The van der Waals surface area contributed by atoms with Crippen LogP contribution in [0.1, 0.15) is 5.69 Å². The SMILES string of the molecule is COc1cncc2ncc(CN)n12. The molecule has 0 saturated heterocycles. The van der Waals surface area contributed by atoms with Gasteiger partial charge in [-0.1, -0.05) is 0 Å². The van der Waals surface area contributed by atoms with Crippen LogP contribution in [-0.2, 0) is 6.54 Å². The third-order valence-corrected chi connectivity index (χ3v) is 1.88. The van der Waals surface area contributed by atoms with E-state index in [1.54, 1.807) is 25.7 Å². The lowest BCUT2D eigenvalue weighted by Gasteiger charge is -2.04. The monoisotopic (exact) mass is 178 g/mol. The molecule has 68 valence electrons. The second-order valence-electron chi connectivity index (χ2n) is 2.60. The van der Waals surface area contributed by atoms with Crippen LogP contribution in [0.4, 0.5) is 0 Å². The zero-order valence-corrected chi connectivity index (χ0v) is 7.27. The van der Waals surface area contributed by atoms with E-state index < -0.39 is 0 Å². The quantitative estimate of drug-likeness (QED) is 0.713. The molecular weight excluding hydrogens is 168 g/mol. The summed E-state index contributed by atoms with van der Waals surface area (Å²) in [5.41, 5.74) is 7.21. The summed E-state index contributed by atoms with van der Waals surface area (Å²) in [6, 6.07) is 0. The van der Waals surface area contributed by atoms with Crippen molar-refractivity contribution in [2.45, 2.75) is 6.54 Å². The molecule has 0 fully saturated rings. The van der Waals surface area contributed by atoms with Crippen molar-refractivity contribution in [1.82, 2.24) is 14.4 Å². The van der Waals surface area contributed by atoms with Crippen LogP contribution in [0, 0.1) is 0 Å². The summed E-state index contributed by atoms with van der Waals surface area (Å²) < 4.78 is 6.97. The smallest absolute Gasteiger partial charge is 0.218 e. The van der Waals surface area contributed by atoms with Crippen LogP contribution in [0.5, 0.6) is 5.88 Å². The van der Waals surface area contributed by atoms with Gasteiger partial charge in [-0.2, -0.15) is 0 Å². The molecule has 0 radical (unpaired) electrons. The van der Waals surface area contributed by atoms with E-state index in [-0.39, 0.29) is 0 Å². The molecule has 2 aromatic rings. The number of imidazole rings is 1. The summed E-state index contributed by atoms with van der Waals surface area (Å²) in [5, 5.41) is 0. The zero-order valence-electron chi connectivity index (χ0n) is 7.27. The highest BCUT2D eigenvalue weighted by Crippen LogP contribution is 2.14. The van der Waals surface area contributed by atoms with Gasteiger partial charge in [0.1, 0.15) is 0 Å². The van der Waals surface area contributed by atoms with Crippen molar-refractivity contribution in [3.63, 3.8) is 0 Å². The molecule has 0 saturated carbocycles. The van der Waals surface area contributed by atoms with Gasteiger partial charge in [-0.25, -0.2) is 4.98 Å². The first kappa shape index (κ1) is 8.00. The molecule has 0 aliphatic carbocycles. The molecule has 0 spiro atoms. The van der Waals surface area contributed by atoms with Gasteiger partial charge in [-0.05, 0) is 0 Å². The van der Waals surface area contributed by atoms with Crippen LogP contribution in [0.3, 0.4) is 0 Å². The third kappa shape index (κ3) is 1.13. The van der Waals surface area contributed by atoms with Crippen LogP contribution < -0.4 is 10.5 Å². The second kappa shape index (κ2) is 3.02. The van der Waals surface area contributed by atoms with Gasteiger partial charge in [-0.3, -0.25) is 9.38 Å². The second-order valence-corrected chi connectivity index (χ2v) is 2.60. The number of nitrogens with zero attached hydrogens (tertiary/aromatic N) is 3. The van der Waals surface area contributed by atoms with Crippen molar-refractivity contribution in [3.8, 4) is 5.88 Å². The number of hydrogen-bond acceptors (Lipinski definition) is 4. The lowest BCUT2D eigenvalue weighted by Crippen LogP contribution is -2.03. The average molecular weight is 178 g/mol. The molecule has 0 atom stereocenters. The van der Waals surface area contributed by atoms with Gasteiger partial charge in [0, 0.05) is 6.54 Å². The Morgan fingerprint density at radius 3 is 3.00 bits per heavy atom. The van der Waals surface area contributed by atoms with E-state index in [2.05, 4.69) is 9.97 Å². The maximum absolute atomic E-state index is 5.55. The van der Waals surface area contributed by atoms with Crippen LogP contribution in [0.2, 0.25) is 0 Å². The Bertz CT molecular complexity index is 423. The largest absolute Gasteiger partial charge is 0.481 e. The summed E-state index contributed by atoms with van der Waals surface area (Å²) in [7, 11) is 1.59. The van der Waals surface area contributed by atoms with Gasteiger partial charge in [0.2, 0.25) is 5.88 Å². The Kier molecular flexibility index (Phi) is 1.86. The highest BCUT2D eigenvalue weighted by Gasteiger charge is 2.05. The minimum Gasteiger partial charge on any atom is -0.481 e. The van der Waals surface area contributed by atoms with E-state index >= 15 is 0 Å². The molecule has 5 heteroatoms. The number of hydrogen-bond donors (Lipinski definition) is 1. The van der Waals surface area contributed by atoms with Gasteiger partial charge in [0.15, 0.2) is 5.65 Å². The van der Waals surface area contributed by atoms with Crippen LogP contribution in [-0.4, -0.2) is 21.5 Å². The maximum atomic E-state index is 5.55. The fraction of sp³-hybridized carbons (Fsp3) is 0.250. The lowest BCUT2D eigenvalue weighted by atomic mass is 10.5. The fourth-order valence-electron chi connectivity index (χ4n) is 1.26. The van der Waals surface area contributed by atoms with Crippen LogP contribution in [0.25, 0.3) is 5.65 Å². The topological polar surface area (TPSA) is 65.4 Å². The minimum atomic E-state index is 0.432. The first-order valence-corrected chi connectivity index (χ1v) is 3.91. The number of fused-ring (bicyclic) bond motifs is 1. The number of methoxy groups -OCH3 is 1. The Morgan fingerprint density at radius 2 is 2.31 bits per heavy atom. The number of ether oxygens (including phenoxy) is 1. The number of nitrogens with two attached hydrogens (primary N) is 1. The minimum absolute atomic E-state index is 0.432. The predicted molar refractivity (Wildman–Crippen MR) is 47.4 cm³/mol. The lowest BCUT2D eigenvalue weighted by molar-refractivity contribution is 0.388. The first-order valence-electron chi connectivity index (χ1n) is 3.91. The van der Waals surface area contributed by atoms with E-state index in [9.17, 15) is 0 Å². The van der Waals surface area contributed by atoms with Gasteiger partial charge in [0.25, 0.3) is 0 Å². The van der Waals surface area contributed by atoms with Crippen molar-refractivity contribution >= 4 is 5.65 Å². The molecule has 2 N–H and O–H groups in total. The molecule has 0 aliphatic rings. The fourth-order valence-corrected chi connectivity index (χ4v) is 1.26. The number of aromatic nitrogens is 3. The summed E-state index contributed by atoms with van der Waals surface area (Å²) in [5.74, 6) is 0.649. The Balaban J connectivity index is 2.76. The Morgan fingerprint density at radius 1 is 1.46 bits per heavy atom. The van der Waals surface area contributed by atoms with Crippen molar-refractivity contribution in [3.05, 3.63) is 24.3 Å². The maximum Gasteiger partial charge on any atom is 0.218 e. The number of rotatable bonds is 2. The van der Waals surface area contributed by atoms with E-state index in [1.165, 1.54) is 0 Å². The summed E-state index contributed by atoms with van der Waals surface area (Å²) in [6.07, 6.45) is 5.02. The highest BCUT2D eigenvalue weighted by atomic mass is 16.5. The molecule has 2 heterocycles. The van der Waals surface area contributed by atoms with Crippen molar-refractivity contribution in [1.29, 1.82) is 0 Å². The standard InChI is InChI=1S/C8H10N4O/c1-13-8-5-10-4-7-11-3-6(2-9)12(7)8/h3-5H,2,9H2,1H3. The van der Waals surface area contributed by atoms with E-state index in [1.807, 2.05) is 4.40 Å². The Hall–Kier alpha value is -1.62. The van der Waals surface area contributed by atoms with Crippen LogP contribution >= 0.6 is 0 Å². The molecule has 5 nitrogen and oxygen atoms in total. The van der Waals surface area contributed by atoms with E-state index in [0.717, 1.165) is 11.3 Å². The predicted octanol–water partition coefficient (Wildman–Crippen LogP) is 0.197. The van der Waals surface area contributed by atoms with E-state index in [0.29, 0.717) is 12.4 Å². The molecule has 0 bridgehead atoms. The van der Waals surface area contributed by atoms with Crippen molar-refractivity contribution < 1.29 is 4.74 Å². The molecule has 0 aromatic carbocycles. The van der Waals surface area contributed by atoms with Crippen molar-refractivity contribution in [2.24, 2.45) is 5.73 Å². The summed E-state index contributed by atoms with van der Waals surface area (Å²) >= 11 is 0. The Labute approximate surface area is 75.2 Å². The molecule has 2 aromatic heterocycles. The van der Waals surface area contributed by atoms with Gasteiger partial charge >= 0.3 is 0 Å². The highest BCUT2D eigenvalue weighted by molar-refractivity contribution is 5.41. The molecule has 2 rings (SSSR count). The molecule has 0 aliphatic heterocycles. The molecular formula is C8H10N4O.